The smallest absolute Gasteiger partial charge is 0.153 e. The van der Waals surface area contributed by atoms with E-state index < -0.39 is 5.41 Å². The van der Waals surface area contributed by atoms with E-state index in [-0.39, 0.29) is 16.2 Å². The highest BCUT2D eigenvalue weighted by molar-refractivity contribution is 5.68. The van der Waals surface area contributed by atoms with E-state index >= 15 is 0 Å². The normalized spacial score (nSPS) is 18.7. The molecule has 0 bridgehead atoms. The Bertz CT molecular complexity index is 1850. The Morgan fingerprint density at radius 3 is 1.74 bits per heavy atom. The molecule has 1 aliphatic carbocycles. The highest BCUT2D eigenvalue weighted by Gasteiger charge is 2.51. The number of nitrogens with one attached hydrogen (secondary N) is 1. The zero-order chi connectivity index (χ0) is 32.5. The van der Waals surface area contributed by atoms with Gasteiger partial charge in [-0.1, -0.05) is 116 Å². The maximum absolute atomic E-state index is 5.53. The predicted octanol–water partition coefficient (Wildman–Crippen LogP) is 8.11. The van der Waals surface area contributed by atoms with E-state index in [2.05, 4.69) is 151 Å². The standard InChI is InChI=1S/C40H46N6/c1-37(2,3)31-23-25-45(43-31)35-21-13-19-33(41-35)40(34-20-14-22-36(42-34)46-26-24-32(44-46)38(4,5)6)29-17-11-9-15-27(29)39(7,8)28-16-10-12-18-30(28)40/h9-23,25,32,44H,24,26H2,1-8H3. The topological polar surface area (TPSA) is 58.9 Å². The number of hydrogen-bond acceptors (Lipinski definition) is 5. The predicted molar refractivity (Wildman–Crippen MR) is 187 cm³/mol. The molecule has 3 aromatic heterocycles. The highest BCUT2D eigenvalue weighted by Crippen LogP contribution is 2.55. The van der Waals surface area contributed by atoms with Gasteiger partial charge in [0.15, 0.2) is 5.82 Å². The molecule has 0 radical (unpaired) electrons. The molecule has 4 heterocycles. The molecule has 1 fully saturated rings. The molecule has 0 amide bonds. The number of fused-ring (bicyclic) bond motifs is 2. The van der Waals surface area contributed by atoms with E-state index in [4.69, 9.17) is 15.1 Å². The van der Waals surface area contributed by atoms with Gasteiger partial charge in [0, 0.05) is 29.6 Å². The van der Waals surface area contributed by atoms with Crippen LogP contribution in [0.1, 0.15) is 101 Å². The molecule has 0 spiro atoms. The molecule has 1 aliphatic heterocycles. The fourth-order valence-corrected chi connectivity index (χ4v) is 7.46. The summed E-state index contributed by atoms with van der Waals surface area (Å²) in [5, 5.41) is 7.20. The lowest BCUT2D eigenvalue weighted by molar-refractivity contribution is 0.293. The Morgan fingerprint density at radius 2 is 1.22 bits per heavy atom. The van der Waals surface area contributed by atoms with Gasteiger partial charge in [0.05, 0.1) is 17.1 Å². The Balaban J connectivity index is 1.49. The van der Waals surface area contributed by atoms with Gasteiger partial charge in [-0.25, -0.2) is 20.1 Å². The first kappa shape index (κ1) is 30.4. The number of nitrogens with zero attached hydrogens (tertiary/aromatic N) is 5. The summed E-state index contributed by atoms with van der Waals surface area (Å²) in [6.07, 6.45) is 3.10. The SMILES string of the molecule is CC(C)(C)c1ccn(-c2cccc(C3(c4cccc(N5CCC(C(C)(C)C)N5)n4)c4ccccc4C(C)(C)c4ccccc43)n2)n1. The summed E-state index contributed by atoms with van der Waals surface area (Å²) in [5.74, 6) is 1.72. The van der Waals surface area contributed by atoms with Crippen molar-refractivity contribution in [3.63, 3.8) is 0 Å². The van der Waals surface area contributed by atoms with Crippen molar-refractivity contribution in [1.82, 2.24) is 25.2 Å². The lowest BCUT2D eigenvalue weighted by Gasteiger charge is -2.46. The maximum Gasteiger partial charge on any atom is 0.153 e. The van der Waals surface area contributed by atoms with Gasteiger partial charge < -0.3 is 0 Å². The molecule has 6 heteroatoms. The summed E-state index contributed by atoms with van der Waals surface area (Å²) in [6, 6.07) is 33.0. The monoisotopic (exact) mass is 610 g/mol. The second-order valence-corrected chi connectivity index (χ2v) is 15.6. The van der Waals surface area contributed by atoms with E-state index in [9.17, 15) is 0 Å². The fourth-order valence-electron chi connectivity index (χ4n) is 7.46. The minimum atomic E-state index is -0.752. The summed E-state index contributed by atoms with van der Waals surface area (Å²) < 4.78 is 1.91. The van der Waals surface area contributed by atoms with Crippen LogP contribution in [0.25, 0.3) is 5.82 Å². The first-order valence-corrected chi connectivity index (χ1v) is 16.6. The van der Waals surface area contributed by atoms with Gasteiger partial charge in [0.1, 0.15) is 11.2 Å². The van der Waals surface area contributed by atoms with Crippen LogP contribution in [-0.2, 0) is 16.2 Å². The lowest BCUT2D eigenvalue weighted by atomic mass is 9.56. The van der Waals surface area contributed by atoms with Gasteiger partial charge in [0.2, 0.25) is 0 Å². The molecular formula is C40H46N6. The van der Waals surface area contributed by atoms with Gasteiger partial charge in [-0.05, 0) is 64.4 Å². The van der Waals surface area contributed by atoms with Crippen LogP contribution in [0.15, 0.2) is 97.2 Å². The van der Waals surface area contributed by atoms with Crippen LogP contribution in [0.4, 0.5) is 5.82 Å². The fraction of sp³-hybridized carbons (Fsp3) is 0.375. The molecule has 7 rings (SSSR count). The van der Waals surface area contributed by atoms with Crippen molar-refractivity contribution in [3.8, 4) is 5.82 Å². The van der Waals surface area contributed by atoms with Crippen molar-refractivity contribution in [2.24, 2.45) is 5.41 Å². The number of hydrogen-bond donors (Lipinski definition) is 1. The summed E-state index contributed by atoms with van der Waals surface area (Å²) in [5.41, 5.74) is 10.8. The third-order valence-electron chi connectivity index (χ3n) is 10.1. The van der Waals surface area contributed by atoms with Gasteiger partial charge in [0.25, 0.3) is 0 Å². The molecule has 0 saturated carbocycles. The Labute approximate surface area is 273 Å². The van der Waals surface area contributed by atoms with Crippen molar-refractivity contribution in [2.75, 3.05) is 11.6 Å². The minimum absolute atomic E-state index is 0.0587. The van der Waals surface area contributed by atoms with Crippen LogP contribution >= 0.6 is 0 Å². The van der Waals surface area contributed by atoms with Crippen LogP contribution in [0.5, 0.6) is 0 Å². The van der Waals surface area contributed by atoms with Crippen molar-refractivity contribution in [2.45, 2.75) is 84.1 Å². The van der Waals surface area contributed by atoms with E-state index in [1.54, 1.807) is 0 Å². The molecule has 2 aliphatic rings. The summed E-state index contributed by atoms with van der Waals surface area (Å²) in [4.78, 5) is 11.0. The van der Waals surface area contributed by atoms with Crippen molar-refractivity contribution in [3.05, 3.63) is 137 Å². The number of benzene rings is 2. The Hall–Kier alpha value is -4.29. The van der Waals surface area contributed by atoms with Gasteiger partial charge in [-0.2, -0.15) is 5.10 Å². The van der Waals surface area contributed by atoms with Crippen LogP contribution in [-0.4, -0.2) is 32.3 Å². The van der Waals surface area contributed by atoms with E-state index in [1.165, 1.54) is 22.3 Å². The maximum atomic E-state index is 5.53. The van der Waals surface area contributed by atoms with Crippen LogP contribution in [0.3, 0.4) is 0 Å². The van der Waals surface area contributed by atoms with Crippen LogP contribution < -0.4 is 10.4 Å². The van der Waals surface area contributed by atoms with Crippen LogP contribution in [0.2, 0.25) is 0 Å². The molecule has 46 heavy (non-hydrogen) atoms. The summed E-state index contributed by atoms with van der Waals surface area (Å²) >= 11 is 0. The molecule has 1 atom stereocenters. The zero-order valence-electron chi connectivity index (χ0n) is 28.5. The number of aromatic nitrogens is 4. The first-order valence-electron chi connectivity index (χ1n) is 16.6. The average molecular weight is 611 g/mol. The Morgan fingerprint density at radius 1 is 0.674 bits per heavy atom. The minimum Gasteiger partial charge on any atom is -0.292 e. The number of pyridine rings is 2. The summed E-state index contributed by atoms with van der Waals surface area (Å²) in [6.45, 7) is 19.0. The molecular weight excluding hydrogens is 564 g/mol. The van der Waals surface area contributed by atoms with Crippen LogP contribution in [0, 0.1) is 5.41 Å². The molecule has 6 nitrogen and oxygen atoms in total. The zero-order valence-corrected chi connectivity index (χ0v) is 28.5. The molecule has 2 aromatic carbocycles. The van der Waals surface area contributed by atoms with Gasteiger partial charge >= 0.3 is 0 Å². The summed E-state index contributed by atoms with van der Waals surface area (Å²) in [7, 11) is 0. The van der Waals surface area contributed by atoms with Crippen molar-refractivity contribution < 1.29 is 0 Å². The molecule has 1 unspecified atom stereocenters. The van der Waals surface area contributed by atoms with Crippen molar-refractivity contribution >= 4 is 5.82 Å². The quantitative estimate of drug-likeness (QED) is 0.223. The largest absolute Gasteiger partial charge is 0.292 e. The molecule has 1 N–H and O–H groups in total. The van der Waals surface area contributed by atoms with E-state index in [0.29, 0.717) is 6.04 Å². The second-order valence-electron chi connectivity index (χ2n) is 15.6. The first-order chi connectivity index (χ1) is 21.8. The molecule has 1 saturated heterocycles. The van der Waals surface area contributed by atoms with E-state index in [0.717, 1.165) is 41.7 Å². The number of hydrazine groups is 1. The lowest BCUT2D eigenvalue weighted by Crippen LogP contribution is -2.44. The van der Waals surface area contributed by atoms with E-state index in [1.807, 2.05) is 16.9 Å². The second kappa shape index (κ2) is 10.6. The third kappa shape index (κ3) is 4.77. The number of anilines is 1. The van der Waals surface area contributed by atoms with Crippen molar-refractivity contribution in [1.29, 1.82) is 0 Å². The molecule has 236 valence electrons. The highest BCUT2D eigenvalue weighted by atomic mass is 15.6. The van der Waals surface area contributed by atoms with Gasteiger partial charge in [-0.3, -0.25) is 5.01 Å². The average Bonchev–Trinajstić information content (AvgIpc) is 3.74. The number of rotatable bonds is 4. The third-order valence-corrected chi connectivity index (χ3v) is 10.1. The molecule has 5 aromatic rings. The Kier molecular flexibility index (Phi) is 7.02. The van der Waals surface area contributed by atoms with Gasteiger partial charge in [-0.15, -0.1) is 0 Å².